The van der Waals surface area contributed by atoms with Crippen molar-refractivity contribution in [2.75, 3.05) is 6.54 Å². The molecule has 108 valence electrons. The van der Waals surface area contributed by atoms with Crippen molar-refractivity contribution in [2.24, 2.45) is 7.05 Å². The van der Waals surface area contributed by atoms with Crippen molar-refractivity contribution in [3.8, 4) is 0 Å². The summed E-state index contributed by atoms with van der Waals surface area (Å²) in [5, 5.41) is 11.9. The Bertz CT molecular complexity index is 561. The van der Waals surface area contributed by atoms with Gasteiger partial charge in [-0.05, 0) is 38.4 Å². The van der Waals surface area contributed by atoms with Gasteiger partial charge in [-0.25, -0.2) is 4.98 Å². The van der Waals surface area contributed by atoms with Crippen molar-refractivity contribution in [3.63, 3.8) is 0 Å². The van der Waals surface area contributed by atoms with Crippen LogP contribution in [0.4, 0.5) is 0 Å². The maximum Gasteiger partial charge on any atom is 0.108 e. The molecule has 0 bridgehead atoms. The monoisotopic (exact) mass is 273 g/mol. The van der Waals surface area contributed by atoms with Crippen LogP contribution in [0.1, 0.15) is 42.2 Å². The van der Waals surface area contributed by atoms with E-state index in [1.807, 2.05) is 33.3 Å². The second-order valence-electron chi connectivity index (χ2n) is 5.13. The Labute approximate surface area is 120 Å². The molecule has 2 rings (SSSR count). The van der Waals surface area contributed by atoms with E-state index >= 15 is 0 Å². The van der Waals surface area contributed by atoms with Gasteiger partial charge in [0.05, 0.1) is 11.4 Å². The molecular formula is C15H23N5. The molecule has 1 N–H and O–H groups in total. The third-order valence-corrected chi connectivity index (χ3v) is 3.54. The Morgan fingerprint density at radius 2 is 2.10 bits per heavy atom. The SMILES string of the molecule is CCNC(CCc1nccn1C)c1cc(C)nnc1C. The normalized spacial score (nSPS) is 12.6. The summed E-state index contributed by atoms with van der Waals surface area (Å²) in [6.45, 7) is 7.07. The van der Waals surface area contributed by atoms with Crippen LogP contribution in [0, 0.1) is 13.8 Å². The molecule has 2 aromatic rings. The van der Waals surface area contributed by atoms with Gasteiger partial charge < -0.3 is 9.88 Å². The van der Waals surface area contributed by atoms with E-state index in [0.717, 1.165) is 36.6 Å². The van der Waals surface area contributed by atoms with Gasteiger partial charge in [-0.1, -0.05) is 6.92 Å². The van der Waals surface area contributed by atoms with Crippen LogP contribution in [0.3, 0.4) is 0 Å². The fraction of sp³-hybridized carbons (Fsp3) is 0.533. The van der Waals surface area contributed by atoms with Gasteiger partial charge >= 0.3 is 0 Å². The molecular weight excluding hydrogens is 250 g/mol. The van der Waals surface area contributed by atoms with Crippen LogP contribution >= 0.6 is 0 Å². The molecule has 5 heteroatoms. The second-order valence-corrected chi connectivity index (χ2v) is 5.13. The molecule has 0 spiro atoms. The van der Waals surface area contributed by atoms with E-state index in [1.54, 1.807) is 0 Å². The lowest BCUT2D eigenvalue weighted by Crippen LogP contribution is -2.23. The van der Waals surface area contributed by atoms with E-state index in [9.17, 15) is 0 Å². The van der Waals surface area contributed by atoms with Gasteiger partial charge in [0.25, 0.3) is 0 Å². The van der Waals surface area contributed by atoms with Crippen LogP contribution in [0.25, 0.3) is 0 Å². The van der Waals surface area contributed by atoms with Gasteiger partial charge in [0.15, 0.2) is 0 Å². The number of nitrogens with one attached hydrogen (secondary N) is 1. The lowest BCUT2D eigenvalue weighted by atomic mass is 10.0. The highest BCUT2D eigenvalue weighted by molar-refractivity contribution is 5.23. The van der Waals surface area contributed by atoms with Gasteiger partial charge in [-0.15, -0.1) is 0 Å². The van der Waals surface area contributed by atoms with E-state index in [4.69, 9.17) is 0 Å². The highest BCUT2D eigenvalue weighted by atomic mass is 15.1. The van der Waals surface area contributed by atoms with Crippen molar-refractivity contribution >= 4 is 0 Å². The third-order valence-electron chi connectivity index (χ3n) is 3.54. The quantitative estimate of drug-likeness (QED) is 0.876. The van der Waals surface area contributed by atoms with E-state index in [2.05, 4.69) is 38.1 Å². The molecule has 0 amide bonds. The first-order valence-electron chi connectivity index (χ1n) is 7.12. The maximum absolute atomic E-state index is 4.39. The zero-order chi connectivity index (χ0) is 14.5. The first-order valence-corrected chi connectivity index (χ1v) is 7.12. The van der Waals surface area contributed by atoms with Crippen LogP contribution in [0.2, 0.25) is 0 Å². The zero-order valence-corrected chi connectivity index (χ0v) is 12.7. The van der Waals surface area contributed by atoms with Crippen molar-refractivity contribution in [1.29, 1.82) is 0 Å². The number of aryl methyl sites for hydroxylation is 4. The second kappa shape index (κ2) is 6.61. The molecule has 20 heavy (non-hydrogen) atoms. The predicted molar refractivity (Wildman–Crippen MR) is 79.5 cm³/mol. The molecule has 1 atom stereocenters. The summed E-state index contributed by atoms with van der Waals surface area (Å²) in [6.07, 6.45) is 5.79. The predicted octanol–water partition coefficient (Wildman–Crippen LogP) is 2.11. The van der Waals surface area contributed by atoms with Crippen LogP contribution in [-0.2, 0) is 13.5 Å². The third kappa shape index (κ3) is 3.42. The van der Waals surface area contributed by atoms with E-state index < -0.39 is 0 Å². The van der Waals surface area contributed by atoms with Gasteiger partial charge in [0, 0.05) is 31.9 Å². The standard InChI is InChI=1S/C15H23N5/c1-5-16-14(6-7-15-17-8-9-20(15)4)13-10-11(2)18-19-12(13)3/h8-10,14,16H,5-7H2,1-4H3. The van der Waals surface area contributed by atoms with Crippen LogP contribution in [0.15, 0.2) is 18.5 Å². The summed E-state index contributed by atoms with van der Waals surface area (Å²) in [6, 6.07) is 2.43. The van der Waals surface area contributed by atoms with Gasteiger partial charge in [0.2, 0.25) is 0 Å². The molecule has 0 aliphatic heterocycles. The molecule has 0 fully saturated rings. The molecule has 2 aromatic heterocycles. The highest BCUT2D eigenvalue weighted by Crippen LogP contribution is 2.21. The van der Waals surface area contributed by atoms with Crippen molar-refractivity contribution in [2.45, 2.75) is 39.7 Å². The molecule has 0 aliphatic rings. The van der Waals surface area contributed by atoms with E-state index in [1.165, 1.54) is 5.56 Å². The molecule has 2 heterocycles. The molecule has 5 nitrogen and oxygen atoms in total. The van der Waals surface area contributed by atoms with Crippen molar-refractivity contribution in [1.82, 2.24) is 25.1 Å². The smallest absolute Gasteiger partial charge is 0.108 e. The molecule has 1 unspecified atom stereocenters. The number of rotatable bonds is 6. The lowest BCUT2D eigenvalue weighted by Gasteiger charge is -2.19. The number of imidazole rings is 1. The minimum Gasteiger partial charge on any atom is -0.338 e. The fourth-order valence-electron chi connectivity index (χ4n) is 2.45. The highest BCUT2D eigenvalue weighted by Gasteiger charge is 2.15. The molecule has 0 saturated heterocycles. The summed E-state index contributed by atoms with van der Waals surface area (Å²) in [5.41, 5.74) is 3.21. The summed E-state index contributed by atoms with van der Waals surface area (Å²) in [5.74, 6) is 1.12. The average molecular weight is 273 g/mol. The van der Waals surface area contributed by atoms with E-state index in [-0.39, 0.29) is 0 Å². The Balaban J connectivity index is 2.14. The van der Waals surface area contributed by atoms with Crippen LogP contribution < -0.4 is 5.32 Å². The minimum atomic E-state index is 0.297. The number of aromatic nitrogens is 4. The average Bonchev–Trinajstić information content (AvgIpc) is 2.83. The summed E-state index contributed by atoms with van der Waals surface area (Å²) in [4.78, 5) is 4.39. The minimum absolute atomic E-state index is 0.297. The van der Waals surface area contributed by atoms with Crippen LogP contribution in [-0.4, -0.2) is 26.3 Å². The summed E-state index contributed by atoms with van der Waals surface area (Å²) < 4.78 is 2.08. The Kier molecular flexibility index (Phi) is 4.84. The summed E-state index contributed by atoms with van der Waals surface area (Å²) in [7, 11) is 2.04. The molecule has 0 radical (unpaired) electrons. The largest absolute Gasteiger partial charge is 0.338 e. The van der Waals surface area contributed by atoms with Crippen molar-refractivity contribution < 1.29 is 0 Å². The molecule has 0 aromatic carbocycles. The van der Waals surface area contributed by atoms with Crippen molar-refractivity contribution in [3.05, 3.63) is 41.2 Å². The molecule has 0 saturated carbocycles. The Hall–Kier alpha value is -1.75. The van der Waals surface area contributed by atoms with Gasteiger partial charge in [-0.3, -0.25) is 0 Å². The molecule has 0 aliphatic carbocycles. The van der Waals surface area contributed by atoms with E-state index in [0.29, 0.717) is 6.04 Å². The topological polar surface area (TPSA) is 55.6 Å². The number of hydrogen-bond acceptors (Lipinski definition) is 4. The number of nitrogens with zero attached hydrogens (tertiary/aromatic N) is 4. The Morgan fingerprint density at radius 3 is 2.75 bits per heavy atom. The van der Waals surface area contributed by atoms with Gasteiger partial charge in [-0.2, -0.15) is 10.2 Å². The van der Waals surface area contributed by atoms with Crippen LogP contribution in [0.5, 0.6) is 0 Å². The lowest BCUT2D eigenvalue weighted by molar-refractivity contribution is 0.500. The summed E-state index contributed by atoms with van der Waals surface area (Å²) >= 11 is 0. The fourth-order valence-corrected chi connectivity index (χ4v) is 2.45. The first-order chi connectivity index (χ1) is 9.61. The first kappa shape index (κ1) is 14.7. The number of hydrogen-bond donors (Lipinski definition) is 1. The Morgan fingerprint density at radius 1 is 1.30 bits per heavy atom. The zero-order valence-electron chi connectivity index (χ0n) is 12.7. The maximum atomic E-state index is 4.39. The van der Waals surface area contributed by atoms with Gasteiger partial charge in [0.1, 0.15) is 5.82 Å².